The summed E-state index contributed by atoms with van der Waals surface area (Å²) in [6.45, 7) is 2.35. The molecule has 4 aromatic rings. The van der Waals surface area contributed by atoms with Crippen LogP contribution in [0.4, 0.5) is 23.2 Å². The molecule has 3 aromatic carbocycles. The molecule has 0 aliphatic carbocycles. The number of halogens is 4. The Morgan fingerprint density at radius 2 is 1.49 bits per heavy atom. The van der Waals surface area contributed by atoms with Gasteiger partial charge in [0.15, 0.2) is 0 Å². The SMILES string of the molecule is O=c1c(-c2ccccc2)cc(-c2ccc(F)cc2)nn1CN1CCN(c2cccc(C(F)(F)F)c2)CC1. The van der Waals surface area contributed by atoms with Gasteiger partial charge in [0.2, 0.25) is 0 Å². The van der Waals surface area contributed by atoms with Crippen LogP contribution in [0.2, 0.25) is 0 Å². The normalized spacial score (nSPS) is 14.6. The lowest BCUT2D eigenvalue weighted by Crippen LogP contribution is -2.48. The predicted octanol–water partition coefficient (Wildman–Crippen LogP) is 5.51. The van der Waals surface area contributed by atoms with Gasteiger partial charge < -0.3 is 4.90 Å². The second-order valence-corrected chi connectivity index (χ2v) is 8.92. The van der Waals surface area contributed by atoms with Crippen LogP contribution in [0.5, 0.6) is 0 Å². The highest BCUT2D eigenvalue weighted by Crippen LogP contribution is 2.32. The van der Waals surface area contributed by atoms with Gasteiger partial charge in [0.25, 0.3) is 5.56 Å². The predicted molar refractivity (Wildman–Crippen MR) is 135 cm³/mol. The van der Waals surface area contributed by atoms with Crippen LogP contribution < -0.4 is 10.5 Å². The van der Waals surface area contributed by atoms with Crippen LogP contribution in [0.1, 0.15) is 5.56 Å². The second kappa shape index (κ2) is 10.2. The highest BCUT2D eigenvalue weighted by atomic mass is 19.4. The fraction of sp³-hybridized carbons (Fsp3) is 0.214. The van der Waals surface area contributed by atoms with Crippen LogP contribution in [0.3, 0.4) is 0 Å². The zero-order valence-electron chi connectivity index (χ0n) is 19.8. The lowest BCUT2D eigenvalue weighted by molar-refractivity contribution is -0.137. The summed E-state index contributed by atoms with van der Waals surface area (Å²) in [5.74, 6) is -0.362. The van der Waals surface area contributed by atoms with Crippen LogP contribution in [0, 0.1) is 5.82 Å². The first-order chi connectivity index (χ1) is 17.8. The van der Waals surface area contributed by atoms with Gasteiger partial charge >= 0.3 is 6.18 Å². The Bertz CT molecular complexity index is 1430. The van der Waals surface area contributed by atoms with Crippen LogP contribution in [-0.4, -0.2) is 40.9 Å². The van der Waals surface area contributed by atoms with Crippen LogP contribution in [0.15, 0.2) is 89.7 Å². The highest BCUT2D eigenvalue weighted by Gasteiger charge is 2.31. The third-order valence-corrected chi connectivity index (χ3v) is 6.44. The van der Waals surface area contributed by atoms with Crippen molar-refractivity contribution in [3.63, 3.8) is 0 Å². The van der Waals surface area contributed by atoms with Crippen molar-refractivity contribution in [2.24, 2.45) is 0 Å². The molecule has 0 spiro atoms. The molecule has 9 heteroatoms. The summed E-state index contributed by atoms with van der Waals surface area (Å²) in [5.41, 5.74) is 2.06. The molecule has 1 saturated heterocycles. The average molecular weight is 509 g/mol. The topological polar surface area (TPSA) is 41.4 Å². The maximum Gasteiger partial charge on any atom is 0.416 e. The Morgan fingerprint density at radius 3 is 2.16 bits per heavy atom. The Balaban J connectivity index is 1.39. The smallest absolute Gasteiger partial charge is 0.369 e. The number of alkyl halides is 3. The molecule has 0 atom stereocenters. The second-order valence-electron chi connectivity index (χ2n) is 8.92. The quantitative estimate of drug-likeness (QED) is 0.333. The van der Waals surface area contributed by atoms with E-state index in [0.29, 0.717) is 48.7 Å². The lowest BCUT2D eigenvalue weighted by Gasteiger charge is -2.36. The molecule has 0 saturated carbocycles. The van der Waals surface area contributed by atoms with E-state index in [1.54, 1.807) is 24.3 Å². The minimum atomic E-state index is -4.39. The number of hydrogen-bond donors (Lipinski definition) is 0. The maximum atomic E-state index is 13.5. The molecule has 5 nitrogen and oxygen atoms in total. The van der Waals surface area contributed by atoms with Crippen molar-refractivity contribution in [3.05, 3.63) is 107 Å². The Kier molecular flexibility index (Phi) is 6.80. The molecule has 5 rings (SSSR count). The molecule has 0 unspecified atom stereocenters. The number of hydrogen-bond acceptors (Lipinski definition) is 4. The van der Waals surface area contributed by atoms with Gasteiger partial charge in [-0.3, -0.25) is 9.69 Å². The van der Waals surface area contributed by atoms with Gasteiger partial charge in [-0.1, -0.05) is 36.4 Å². The van der Waals surface area contributed by atoms with Gasteiger partial charge in [0.05, 0.1) is 23.5 Å². The Hall–Kier alpha value is -3.98. The molecule has 1 aromatic heterocycles. The molecule has 2 heterocycles. The van der Waals surface area contributed by atoms with Crippen molar-refractivity contribution < 1.29 is 17.6 Å². The fourth-order valence-electron chi connectivity index (χ4n) is 4.44. The lowest BCUT2D eigenvalue weighted by atomic mass is 10.0. The zero-order valence-corrected chi connectivity index (χ0v) is 19.8. The minimum absolute atomic E-state index is 0.226. The highest BCUT2D eigenvalue weighted by molar-refractivity contribution is 5.69. The maximum absolute atomic E-state index is 13.5. The molecular weight excluding hydrogens is 484 g/mol. The van der Waals surface area contributed by atoms with E-state index in [0.717, 1.165) is 11.6 Å². The largest absolute Gasteiger partial charge is 0.416 e. The van der Waals surface area contributed by atoms with Gasteiger partial charge in [-0.05, 0) is 54.1 Å². The van der Waals surface area contributed by atoms with Gasteiger partial charge in [-0.25, -0.2) is 9.07 Å². The van der Waals surface area contributed by atoms with Crippen molar-refractivity contribution in [1.82, 2.24) is 14.7 Å². The van der Waals surface area contributed by atoms with Crippen LogP contribution in [0.25, 0.3) is 22.4 Å². The fourth-order valence-corrected chi connectivity index (χ4v) is 4.44. The Morgan fingerprint density at radius 1 is 0.784 bits per heavy atom. The van der Waals surface area contributed by atoms with Gasteiger partial charge in [-0.2, -0.15) is 18.3 Å². The molecule has 190 valence electrons. The number of piperazine rings is 1. The average Bonchev–Trinajstić information content (AvgIpc) is 2.91. The van der Waals surface area contributed by atoms with Gasteiger partial charge in [0.1, 0.15) is 5.82 Å². The third kappa shape index (κ3) is 5.56. The molecule has 1 aliphatic heterocycles. The standard InChI is InChI=1S/C28H24F4N4O/c29-23-11-9-21(10-12-23)26-18-25(20-5-2-1-3-6-20)27(37)36(33-26)19-34-13-15-35(16-14-34)24-8-4-7-22(17-24)28(30,31)32/h1-12,17-18H,13-16,19H2. The van der Waals surface area contributed by atoms with E-state index in [1.165, 1.54) is 28.9 Å². The molecule has 0 N–H and O–H groups in total. The van der Waals surface area contributed by atoms with Gasteiger partial charge in [-0.15, -0.1) is 0 Å². The van der Waals surface area contributed by atoms with Crippen molar-refractivity contribution in [2.75, 3.05) is 31.1 Å². The van der Waals surface area contributed by atoms with Crippen molar-refractivity contribution in [3.8, 4) is 22.4 Å². The van der Waals surface area contributed by atoms with E-state index in [9.17, 15) is 22.4 Å². The molecular formula is C28H24F4N4O. The van der Waals surface area contributed by atoms with E-state index in [2.05, 4.69) is 5.10 Å². The zero-order chi connectivity index (χ0) is 26.0. The molecule has 0 bridgehead atoms. The first-order valence-corrected chi connectivity index (χ1v) is 11.9. The van der Waals surface area contributed by atoms with Crippen molar-refractivity contribution in [1.29, 1.82) is 0 Å². The van der Waals surface area contributed by atoms with E-state index in [-0.39, 0.29) is 18.0 Å². The van der Waals surface area contributed by atoms with Crippen molar-refractivity contribution >= 4 is 5.69 Å². The Labute approximate surface area is 211 Å². The molecule has 1 aliphatic rings. The van der Waals surface area contributed by atoms with E-state index in [1.807, 2.05) is 40.1 Å². The monoisotopic (exact) mass is 508 g/mol. The third-order valence-electron chi connectivity index (χ3n) is 6.44. The first kappa shape index (κ1) is 24.7. The summed E-state index contributed by atoms with van der Waals surface area (Å²) in [7, 11) is 0. The summed E-state index contributed by atoms with van der Waals surface area (Å²) >= 11 is 0. The summed E-state index contributed by atoms with van der Waals surface area (Å²) in [6.07, 6.45) is -4.39. The van der Waals surface area contributed by atoms with Crippen LogP contribution >= 0.6 is 0 Å². The number of anilines is 1. The number of benzene rings is 3. The summed E-state index contributed by atoms with van der Waals surface area (Å²) < 4.78 is 54.3. The van der Waals surface area contributed by atoms with Crippen molar-refractivity contribution in [2.45, 2.75) is 12.8 Å². The first-order valence-electron chi connectivity index (χ1n) is 11.9. The number of aromatic nitrogens is 2. The van der Waals surface area contributed by atoms with E-state index in [4.69, 9.17) is 0 Å². The molecule has 37 heavy (non-hydrogen) atoms. The number of nitrogens with zero attached hydrogens (tertiary/aromatic N) is 4. The van der Waals surface area contributed by atoms with Gasteiger partial charge in [0, 0.05) is 37.4 Å². The van der Waals surface area contributed by atoms with Crippen LogP contribution in [-0.2, 0) is 12.8 Å². The summed E-state index contributed by atoms with van der Waals surface area (Å²) in [6, 6.07) is 22.3. The van der Waals surface area contributed by atoms with E-state index >= 15 is 0 Å². The molecule has 0 amide bonds. The minimum Gasteiger partial charge on any atom is -0.369 e. The van der Waals surface area contributed by atoms with E-state index < -0.39 is 11.7 Å². The molecule has 1 fully saturated rings. The number of rotatable bonds is 5. The summed E-state index contributed by atoms with van der Waals surface area (Å²) in [5, 5.41) is 4.57. The summed E-state index contributed by atoms with van der Waals surface area (Å²) in [4.78, 5) is 17.3. The molecule has 0 radical (unpaired) electrons.